The van der Waals surface area contributed by atoms with Gasteiger partial charge in [-0.1, -0.05) is 92.6 Å². The maximum absolute atomic E-state index is 3.67. The maximum Gasteiger partial charge on any atom is 0.115 e. The number of benzene rings is 2. The summed E-state index contributed by atoms with van der Waals surface area (Å²) < 4.78 is 0. The van der Waals surface area contributed by atoms with Crippen LogP contribution in [0.5, 0.6) is 0 Å². The molecule has 1 heterocycles. The first-order valence-corrected chi connectivity index (χ1v) is 8.25. The van der Waals surface area contributed by atoms with Gasteiger partial charge in [0.05, 0.1) is 0 Å². The largest absolute Gasteiger partial charge is 0.245 e. The zero-order valence-electron chi connectivity index (χ0n) is 15.6. The second kappa shape index (κ2) is 15.4. The van der Waals surface area contributed by atoms with E-state index in [1.807, 2.05) is 36.4 Å². The molecular formula is C22H30N2. The number of nitrogens with zero attached hydrogens (tertiary/aromatic N) is 2. The van der Waals surface area contributed by atoms with Crippen molar-refractivity contribution in [1.82, 2.24) is 9.97 Å². The molecule has 0 aliphatic heterocycles. The van der Waals surface area contributed by atoms with Crippen molar-refractivity contribution in [2.75, 3.05) is 0 Å². The third-order valence-electron chi connectivity index (χ3n) is 2.36. The molecule has 0 saturated heterocycles. The van der Waals surface area contributed by atoms with Crippen LogP contribution in [-0.4, -0.2) is 9.97 Å². The number of aromatic nitrogens is 2. The molecule has 3 rings (SSSR count). The molecular weight excluding hydrogens is 292 g/mol. The van der Waals surface area contributed by atoms with Crippen LogP contribution in [0, 0.1) is 19.8 Å². The van der Waals surface area contributed by atoms with Gasteiger partial charge in [0.1, 0.15) is 6.33 Å². The molecule has 0 bridgehead atoms. The molecule has 24 heavy (non-hydrogen) atoms. The van der Waals surface area contributed by atoms with Gasteiger partial charge in [0.15, 0.2) is 0 Å². The Morgan fingerprint density at radius 3 is 1.04 bits per heavy atom. The third-order valence-corrected chi connectivity index (χ3v) is 2.36. The summed E-state index contributed by atoms with van der Waals surface area (Å²) in [6, 6.07) is 22.3. The fourth-order valence-electron chi connectivity index (χ4n) is 1.32. The van der Waals surface area contributed by atoms with E-state index in [0.29, 0.717) is 0 Å². The van der Waals surface area contributed by atoms with E-state index >= 15 is 0 Å². The number of aryl methyl sites for hydroxylation is 2. The molecule has 0 atom stereocenters. The van der Waals surface area contributed by atoms with Gasteiger partial charge in [-0.15, -0.1) is 0 Å². The Balaban J connectivity index is 0.000000301. The highest BCUT2D eigenvalue weighted by Gasteiger charge is 1.72. The molecule has 128 valence electrons. The van der Waals surface area contributed by atoms with Crippen molar-refractivity contribution >= 4 is 0 Å². The van der Waals surface area contributed by atoms with E-state index in [0.717, 1.165) is 5.92 Å². The molecule has 3 aromatic rings. The van der Waals surface area contributed by atoms with Crippen molar-refractivity contribution < 1.29 is 0 Å². The average molecular weight is 322 g/mol. The molecule has 0 saturated carbocycles. The van der Waals surface area contributed by atoms with E-state index in [9.17, 15) is 0 Å². The Morgan fingerprint density at radius 1 is 0.583 bits per heavy atom. The van der Waals surface area contributed by atoms with Crippen molar-refractivity contribution in [3.05, 3.63) is 96.6 Å². The molecule has 2 heteroatoms. The highest BCUT2D eigenvalue weighted by Crippen LogP contribution is 1.92. The van der Waals surface area contributed by atoms with Crippen molar-refractivity contribution in [2.24, 2.45) is 5.92 Å². The smallest absolute Gasteiger partial charge is 0.115 e. The van der Waals surface area contributed by atoms with Crippen LogP contribution >= 0.6 is 0 Å². The highest BCUT2D eigenvalue weighted by molar-refractivity contribution is 5.12. The Labute approximate surface area is 147 Å². The first-order chi connectivity index (χ1) is 11.5. The molecule has 2 aromatic carbocycles. The Hall–Kier alpha value is -2.48. The number of rotatable bonds is 0. The summed E-state index contributed by atoms with van der Waals surface area (Å²) in [5, 5.41) is 0. The summed E-state index contributed by atoms with van der Waals surface area (Å²) in [5.74, 6) is 0.833. The van der Waals surface area contributed by atoms with Crippen LogP contribution < -0.4 is 0 Å². The van der Waals surface area contributed by atoms with Crippen molar-refractivity contribution in [3.8, 4) is 0 Å². The van der Waals surface area contributed by atoms with Crippen molar-refractivity contribution in [1.29, 1.82) is 0 Å². The highest BCUT2D eigenvalue weighted by atomic mass is 14.8. The molecule has 0 spiro atoms. The molecule has 2 nitrogen and oxygen atoms in total. The molecule has 0 radical (unpaired) electrons. The molecule has 0 aliphatic carbocycles. The second-order valence-electron chi connectivity index (χ2n) is 5.95. The summed E-state index contributed by atoms with van der Waals surface area (Å²) in [7, 11) is 0. The summed E-state index contributed by atoms with van der Waals surface area (Å²) >= 11 is 0. The van der Waals surface area contributed by atoms with Crippen LogP contribution in [-0.2, 0) is 0 Å². The summed E-state index contributed by atoms with van der Waals surface area (Å²) in [6.45, 7) is 10.7. The van der Waals surface area contributed by atoms with E-state index in [-0.39, 0.29) is 0 Å². The zero-order valence-corrected chi connectivity index (χ0v) is 15.6. The summed E-state index contributed by atoms with van der Waals surface area (Å²) in [4.78, 5) is 7.35. The van der Waals surface area contributed by atoms with Crippen molar-refractivity contribution in [3.63, 3.8) is 0 Å². The monoisotopic (exact) mass is 322 g/mol. The second-order valence-corrected chi connectivity index (χ2v) is 5.95. The van der Waals surface area contributed by atoms with Gasteiger partial charge < -0.3 is 0 Å². The Bertz CT molecular complexity index is 511. The van der Waals surface area contributed by atoms with Gasteiger partial charge in [0.25, 0.3) is 0 Å². The van der Waals surface area contributed by atoms with Gasteiger partial charge in [0, 0.05) is 12.4 Å². The quantitative estimate of drug-likeness (QED) is 0.497. The van der Waals surface area contributed by atoms with Crippen molar-refractivity contribution in [2.45, 2.75) is 34.6 Å². The molecule has 0 unspecified atom stereocenters. The van der Waals surface area contributed by atoms with Gasteiger partial charge in [-0.05, 0) is 25.8 Å². The lowest BCUT2D eigenvalue weighted by Crippen LogP contribution is -1.66. The fourth-order valence-corrected chi connectivity index (χ4v) is 1.32. The van der Waals surface area contributed by atoms with Crippen LogP contribution in [0.25, 0.3) is 0 Å². The standard InChI is InChI=1S/2C7H8.C4H4N2.C4H10/c2*1-7-5-3-2-4-6-7;1-2-5-4-6-3-1;1-4(2)3/h2*2-6H,1H3;1-4H;4H,1-3H3. The molecule has 0 amide bonds. The van der Waals surface area contributed by atoms with Crippen LogP contribution in [0.3, 0.4) is 0 Å². The summed E-state index contributed by atoms with van der Waals surface area (Å²) in [5.41, 5.74) is 2.64. The molecule has 1 aromatic heterocycles. The minimum Gasteiger partial charge on any atom is -0.245 e. The molecule has 0 N–H and O–H groups in total. The van der Waals surface area contributed by atoms with E-state index in [4.69, 9.17) is 0 Å². The minimum absolute atomic E-state index is 0.833. The van der Waals surface area contributed by atoms with Gasteiger partial charge in [-0.2, -0.15) is 0 Å². The fraction of sp³-hybridized carbons (Fsp3) is 0.273. The Morgan fingerprint density at radius 2 is 0.917 bits per heavy atom. The normalized spacial score (nSPS) is 8.58. The van der Waals surface area contributed by atoms with E-state index in [1.165, 1.54) is 17.5 Å². The lowest BCUT2D eigenvalue weighted by atomic mass is 10.2. The lowest BCUT2D eigenvalue weighted by molar-refractivity contribution is 0.737. The third kappa shape index (κ3) is 17.6. The molecule has 0 aliphatic rings. The predicted molar refractivity (Wildman–Crippen MR) is 105 cm³/mol. The van der Waals surface area contributed by atoms with Gasteiger partial charge >= 0.3 is 0 Å². The van der Waals surface area contributed by atoms with Gasteiger partial charge in [-0.25, -0.2) is 9.97 Å². The SMILES string of the molecule is CC(C)C.Cc1ccccc1.Cc1ccccc1.c1cncnc1. The van der Waals surface area contributed by atoms with Crippen LogP contribution in [0.1, 0.15) is 31.9 Å². The van der Waals surface area contributed by atoms with Gasteiger partial charge in [0.2, 0.25) is 0 Å². The minimum atomic E-state index is 0.833. The van der Waals surface area contributed by atoms with Crippen LogP contribution in [0.15, 0.2) is 85.5 Å². The zero-order chi connectivity index (χ0) is 18.0. The number of hydrogen-bond acceptors (Lipinski definition) is 2. The summed E-state index contributed by atoms with van der Waals surface area (Å²) in [6.07, 6.45) is 4.88. The topological polar surface area (TPSA) is 25.8 Å². The molecule has 0 fully saturated rings. The average Bonchev–Trinajstić information content (AvgIpc) is 2.58. The number of hydrogen-bond donors (Lipinski definition) is 0. The lowest BCUT2D eigenvalue weighted by Gasteiger charge is -1.82. The van der Waals surface area contributed by atoms with E-state index < -0.39 is 0 Å². The Kier molecular flexibility index (Phi) is 13.8. The first kappa shape index (κ1) is 21.5. The maximum atomic E-state index is 3.67. The first-order valence-electron chi connectivity index (χ1n) is 8.25. The van der Waals surface area contributed by atoms with E-state index in [2.05, 4.69) is 68.9 Å². The van der Waals surface area contributed by atoms with E-state index in [1.54, 1.807) is 18.5 Å². The predicted octanol–water partition coefficient (Wildman–Crippen LogP) is 6.13. The van der Waals surface area contributed by atoms with Crippen LogP contribution in [0.2, 0.25) is 0 Å². The van der Waals surface area contributed by atoms with Gasteiger partial charge in [-0.3, -0.25) is 0 Å². The van der Waals surface area contributed by atoms with Crippen LogP contribution in [0.4, 0.5) is 0 Å².